The van der Waals surface area contributed by atoms with Gasteiger partial charge in [0.05, 0.1) is 17.3 Å². The number of carbonyl (C=O) groups is 3. The van der Waals surface area contributed by atoms with Crippen LogP contribution >= 0.6 is 11.6 Å². The van der Waals surface area contributed by atoms with Crippen molar-refractivity contribution in [3.8, 4) is 6.07 Å². The van der Waals surface area contributed by atoms with Gasteiger partial charge in [0.2, 0.25) is 5.91 Å². The van der Waals surface area contributed by atoms with Gasteiger partial charge in [0.1, 0.15) is 35.6 Å². The lowest BCUT2D eigenvalue weighted by atomic mass is 9.87. The van der Waals surface area contributed by atoms with E-state index in [9.17, 15) is 42.3 Å². The van der Waals surface area contributed by atoms with Crippen molar-refractivity contribution in [2.75, 3.05) is 9.80 Å². The second-order valence-electron chi connectivity index (χ2n) is 10.2. The van der Waals surface area contributed by atoms with Crippen LogP contribution in [0.1, 0.15) is 43.9 Å². The Hall–Kier alpha value is -4.54. The lowest BCUT2D eigenvalue weighted by Gasteiger charge is -2.39. The number of hydrogen-bond acceptors (Lipinski definition) is 6. The Kier molecular flexibility index (Phi) is 9.27. The summed E-state index contributed by atoms with van der Waals surface area (Å²) in [4.78, 5) is 46.9. The van der Waals surface area contributed by atoms with Crippen LogP contribution in [0.25, 0.3) is 0 Å². The zero-order valence-corrected chi connectivity index (χ0v) is 22.8. The molecule has 1 aromatic heterocycles. The standard InChI is InChI=1S/C29H22ClF4N5O4.CH4/c30-21-4-2-1-3-20(21)25(26(41)37-18-12-29(33,34)13-18)38(19-9-16(31)8-17(32)10-19)27(42)22-11-23(40)28(43)39(22)24-7-15(14-35)5-6-36-24;/h1-10,18,22-23,25,40H,11-13H2,(H,37,41);1H4/t22-,23+,25-;/m0./s1. The van der Waals surface area contributed by atoms with Gasteiger partial charge in [-0.1, -0.05) is 37.2 Å². The fourth-order valence-corrected chi connectivity index (χ4v) is 5.45. The fourth-order valence-electron chi connectivity index (χ4n) is 5.22. The zero-order valence-electron chi connectivity index (χ0n) is 22.1. The molecule has 3 atom stereocenters. The highest BCUT2D eigenvalue weighted by molar-refractivity contribution is 6.31. The predicted molar refractivity (Wildman–Crippen MR) is 152 cm³/mol. The number of nitrogens with zero attached hydrogens (tertiary/aromatic N) is 4. The lowest BCUT2D eigenvalue weighted by Crippen LogP contribution is -2.56. The number of nitrogens with one attached hydrogen (secondary N) is 1. The molecule has 0 unspecified atom stereocenters. The van der Waals surface area contributed by atoms with Gasteiger partial charge in [0.15, 0.2) is 0 Å². The summed E-state index contributed by atoms with van der Waals surface area (Å²) < 4.78 is 56.3. The predicted octanol–water partition coefficient (Wildman–Crippen LogP) is 4.68. The number of benzene rings is 2. The minimum absolute atomic E-state index is 0. The van der Waals surface area contributed by atoms with E-state index in [1.807, 2.05) is 6.07 Å². The highest BCUT2D eigenvalue weighted by Gasteiger charge is 2.50. The van der Waals surface area contributed by atoms with Gasteiger partial charge in [-0.05, 0) is 30.3 Å². The molecule has 3 aromatic rings. The molecule has 2 N–H and O–H groups in total. The van der Waals surface area contributed by atoms with Crippen molar-refractivity contribution in [2.45, 2.75) is 56.8 Å². The SMILES string of the molecule is C.N#Cc1ccnc(N2C(=O)[C@H](O)C[C@H]2C(=O)N(c2cc(F)cc(F)c2)[C@H](C(=O)NC2CC(F)(F)C2)c2ccccc2Cl)c1. The van der Waals surface area contributed by atoms with Crippen LogP contribution in [-0.2, 0) is 14.4 Å². The van der Waals surface area contributed by atoms with Crippen molar-refractivity contribution in [3.05, 3.63) is 88.6 Å². The van der Waals surface area contributed by atoms with E-state index in [4.69, 9.17) is 11.6 Å². The molecule has 1 aliphatic carbocycles. The first-order valence-corrected chi connectivity index (χ1v) is 13.4. The summed E-state index contributed by atoms with van der Waals surface area (Å²) in [7, 11) is 0. The Bertz CT molecular complexity index is 1620. The van der Waals surface area contributed by atoms with Gasteiger partial charge >= 0.3 is 0 Å². The van der Waals surface area contributed by atoms with Crippen LogP contribution in [0.15, 0.2) is 60.8 Å². The highest BCUT2D eigenvalue weighted by Crippen LogP contribution is 2.40. The van der Waals surface area contributed by atoms with E-state index in [0.717, 1.165) is 21.9 Å². The van der Waals surface area contributed by atoms with Crippen LogP contribution in [0, 0.1) is 23.0 Å². The van der Waals surface area contributed by atoms with E-state index >= 15 is 0 Å². The number of rotatable bonds is 7. The van der Waals surface area contributed by atoms with Crippen LogP contribution in [0.5, 0.6) is 0 Å². The number of carbonyl (C=O) groups excluding carboxylic acids is 3. The maximum Gasteiger partial charge on any atom is 0.257 e. The smallest absolute Gasteiger partial charge is 0.257 e. The second-order valence-corrected chi connectivity index (χ2v) is 10.6. The molecule has 5 rings (SSSR count). The number of hydrogen-bond donors (Lipinski definition) is 2. The summed E-state index contributed by atoms with van der Waals surface area (Å²) >= 11 is 6.42. The third-order valence-electron chi connectivity index (χ3n) is 7.19. The maximum absolute atomic E-state index is 14.6. The first kappa shape index (κ1) is 32.4. The van der Waals surface area contributed by atoms with Crippen molar-refractivity contribution >= 4 is 40.8 Å². The van der Waals surface area contributed by atoms with Crippen LogP contribution in [0.4, 0.5) is 29.1 Å². The van der Waals surface area contributed by atoms with Gasteiger partial charge in [-0.15, -0.1) is 0 Å². The van der Waals surface area contributed by atoms with E-state index in [-0.39, 0.29) is 29.4 Å². The van der Waals surface area contributed by atoms with E-state index in [1.165, 1.54) is 42.6 Å². The van der Waals surface area contributed by atoms with Gasteiger partial charge in [0.25, 0.3) is 17.7 Å². The van der Waals surface area contributed by atoms with Crippen LogP contribution in [-0.4, -0.2) is 51.9 Å². The molecule has 230 valence electrons. The Morgan fingerprint density at radius 3 is 2.41 bits per heavy atom. The van der Waals surface area contributed by atoms with Crippen molar-refractivity contribution in [2.24, 2.45) is 0 Å². The van der Waals surface area contributed by atoms with Gasteiger partial charge in [-0.3, -0.25) is 24.2 Å². The van der Waals surface area contributed by atoms with Gasteiger partial charge in [-0.25, -0.2) is 22.5 Å². The van der Waals surface area contributed by atoms with E-state index < -0.39 is 84.5 Å². The molecule has 2 heterocycles. The lowest BCUT2D eigenvalue weighted by molar-refractivity contribution is -0.133. The van der Waals surface area contributed by atoms with Crippen molar-refractivity contribution < 1.29 is 37.1 Å². The van der Waals surface area contributed by atoms with Crippen LogP contribution < -0.4 is 15.1 Å². The van der Waals surface area contributed by atoms with Crippen LogP contribution in [0.2, 0.25) is 5.02 Å². The van der Waals surface area contributed by atoms with Crippen LogP contribution in [0.3, 0.4) is 0 Å². The molecule has 0 spiro atoms. The molecule has 1 saturated carbocycles. The number of alkyl halides is 2. The number of anilines is 2. The zero-order chi connectivity index (χ0) is 31.1. The summed E-state index contributed by atoms with van der Waals surface area (Å²) in [6, 6.07) is 8.04. The average Bonchev–Trinajstić information content (AvgIpc) is 3.24. The normalized spacial score (nSPS) is 19.8. The Balaban J connectivity index is 0.00000442. The topological polar surface area (TPSA) is 127 Å². The number of aliphatic hydroxyl groups is 1. The number of amides is 3. The largest absolute Gasteiger partial charge is 0.383 e. The van der Waals surface area contributed by atoms with E-state index in [0.29, 0.717) is 6.07 Å². The third-order valence-corrected chi connectivity index (χ3v) is 7.54. The Morgan fingerprint density at radius 1 is 1.14 bits per heavy atom. The molecule has 0 radical (unpaired) electrons. The number of aromatic nitrogens is 1. The first-order valence-electron chi connectivity index (χ1n) is 13.0. The summed E-state index contributed by atoms with van der Waals surface area (Å²) in [5, 5.41) is 22.2. The summed E-state index contributed by atoms with van der Waals surface area (Å²) in [6.45, 7) is 0. The first-order chi connectivity index (χ1) is 20.4. The molecule has 44 heavy (non-hydrogen) atoms. The maximum atomic E-state index is 14.6. The summed E-state index contributed by atoms with van der Waals surface area (Å²) in [6.07, 6.45) is -2.31. The van der Waals surface area contributed by atoms with Gasteiger partial charge in [-0.2, -0.15) is 5.26 Å². The molecule has 2 aliphatic rings. The molecule has 3 amide bonds. The number of pyridine rings is 1. The number of aliphatic hydroxyl groups excluding tert-OH is 1. The molecule has 14 heteroatoms. The average molecular weight is 632 g/mol. The summed E-state index contributed by atoms with van der Waals surface area (Å²) in [5.74, 6) is -8.36. The molecular formula is C30H26ClF4N5O4. The Labute approximate surface area is 254 Å². The van der Waals surface area contributed by atoms with Crippen molar-refractivity contribution in [1.82, 2.24) is 10.3 Å². The monoisotopic (exact) mass is 631 g/mol. The van der Waals surface area contributed by atoms with Gasteiger partial charge in [0, 0.05) is 48.2 Å². The molecule has 1 aliphatic heterocycles. The Morgan fingerprint density at radius 2 is 1.80 bits per heavy atom. The van der Waals surface area contributed by atoms with E-state index in [2.05, 4.69) is 10.3 Å². The highest BCUT2D eigenvalue weighted by atomic mass is 35.5. The minimum atomic E-state index is -3.00. The number of halogens is 5. The fraction of sp³-hybridized carbons (Fsp3) is 0.300. The molecular weight excluding hydrogens is 606 g/mol. The second kappa shape index (κ2) is 12.6. The van der Waals surface area contributed by atoms with Crippen molar-refractivity contribution in [3.63, 3.8) is 0 Å². The number of nitriles is 1. The minimum Gasteiger partial charge on any atom is -0.383 e. The summed E-state index contributed by atoms with van der Waals surface area (Å²) in [5.41, 5.74) is -0.374. The molecule has 9 nitrogen and oxygen atoms in total. The molecule has 2 aromatic carbocycles. The van der Waals surface area contributed by atoms with Gasteiger partial charge < -0.3 is 10.4 Å². The quantitative estimate of drug-likeness (QED) is 0.365. The van der Waals surface area contributed by atoms with E-state index in [1.54, 1.807) is 0 Å². The molecule has 0 bridgehead atoms. The third kappa shape index (κ3) is 6.36. The molecule has 1 saturated heterocycles. The molecule has 2 fully saturated rings. The van der Waals surface area contributed by atoms with Crippen molar-refractivity contribution in [1.29, 1.82) is 5.26 Å².